The van der Waals surface area contributed by atoms with Crippen molar-refractivity contribution >= 4 is 40.3 Å². The Balaban J connectivity index is 2.25. The predicted octanol–water partition coefficient (Wildman–Crippen LogP) is 4.34. The average Bonchev–Trinajstić information content (AvgIpc) is 3.12. The SMILES string of the molecule is CCOC(=O)N(c1c(C(=O)N(C)OC)oc2c(C)nc(Cl)cc12)[C@H]1CCO[C@@H](CC)C1. The van der Waals surface area contributed by atoms with Crippen molar-refractivity contribution in [2.24, 2.45) is 0 Å². The second kappa shape index (κ2) is 9.84. The maximum absolute atomic E-state index is 13.2. The summed E-state index contributed by atoms with van der Waals surface area (Å²) in [4.78, 5) is 37.1. The van der Waals surface area contributed by atoms with Gasteiger partial charge in [-0.25, -0.2) is 14.8 Å². The summed E-state index contributed by atoms with van der Waals surface area (Å²) in [5.41, 5.74) is 1.18. The summed E-state index contributed by atoms with van der Waals surface area (Å²) >= 11 is 6.22. The zero-order valence-electron chi connectivity index (χ0n) is 18.4. The van der Waals surface area contributed by atoms with Gasteiger partial charge in [0.25, 0.3) is 0 Å². The van der Waals surface area contributed by atoms with Gasteiger partial charge in [0.1, 0.15) is 10.8 Å². The molecule has 0 unspecified atom stereocenters. The molecule has 0 N–H and O–H groups in total. The molecule has 1 aliphatic rings. The van der Waals surface area contributed by atoms with Gasteiger partial charge >= 0.3 is 12.0 Å². The summed E-state index contributed by atoms with van der Waals surface area (Å²) in [6, 6.07) is 1.35. The van der Waals surface area contributed by atoms with Crippen LogP contribution in [0.3, 0.4) is 0 Å². The number of aromatic nitrogens is 1. The molecule has 31 heavy (non-hydrogen) atoms. The van der Waals surface area contributed by atoms with Gasteiger partial charge in [-0.05, 0) is 39.2 Å². The van der Waals surface area contributed by atoms with Crippen molar-refractivity contribution in [1.29, 1.82) is 0 Å². The Hall–Kier alpha value is -2.36. The number of anilines is 1. The lowest BCUT2D eigenvalue weighted by molar-refractivity contribution is -0.0772. The fraction of sp³-hybridized carbons (Fsp3) is 0.571. The van der Waals surface area contributed by atoms with Crippen LogP contribution in [0.2, 0.25) is 5.15 Å². The van der Waals surface area contributed by atoms with E-state index in [4.69, 9.17) is 30.3 Å². The van der Waals surface area contributed by atoms with Crippen LogP contribution in [0.4, 0.5) is 10.5 Å². The second-order valence-electron chi connectivity index (χ2n) is 7.32. The lowest BCUT2D eigenvalue weighted by Crippen LogP contribution is -2.46. The van der Waals surface area contributed by atoms with Crippen LogP contribution < -0.4 is 4.90 Å². The van der Waals surface area contributed by atoms with Crippen LogP contribution in [0, 0.1) is 6.92 Å². The molecule has 3 heterocycles. The van der Waals surface area contributed by atoms with Crippen LogP contribution >= 0.6 is 11.6 Å². The van der Waals surface area contributed by atoms with Crippen LogP contribution in [-0.2, 0) is 14.3 Å². The van der Waals surface area contributed by atoms with Gasteiger partial charge < -0.3 is 13.9 Å². The highest BCUT2D eigenvalue weighted by Crippen LogP contribution is 2.40. The highest BCUT2D eigenvalue weighted by molar-refractivity contribution is 6.30. The van der Waals surface area contributed by atoms with E-state index in [1.54, 1.807) is 19.9 Å². The highest BCUT2D eigenvalue weighted by atomic mass is 35.5. The van der Waals surface area contributed by atoms with E-state index in [-0.39, 0.29) is 29.7 Å². The first-order valence-electron chi connectivity index (χ1n) is 10.3. The zero-order valence-corrected chi connectivity index (χ0v) is 19.2. The van der Waals surface area contributed by atoms with Crippen LogP contribution in [0.5, 0.6) is 0 Å². The number of furan rings is 1. The van der Waals surface area contributed by atoms with Gasteiger partial charge in [0.15, 0.2) is 5.58 Å². The zero-order chi connectivity index (χ0) is 22.7. The quantitative estimate of drug-likeness (QED) is 0.474. The van der Waals surface area contributed by atoms with E-state index in [2.05, 4.69) is 4.98 Å². The van der Waals surface area contributed by atoms with Crippen molar-refractivity contribution < 1.29 is 28.3 Å². The Morgan fingerprint density at radius 2 is 2.10 bits per heavy atom. The largest absolute Gasteiger partial charge is 0.449 e. The molecule has 1 fully saturated rings. The Morgan fingerprint density at radius 1 is 1.35 bits per heavy atom. The minimum absolute atomic E-state index is 0.00151. The summed E-state index contributed by atoms with van der Waals surface area (Å²) in [7, 11) is 2.84. The molecule has 1 aliphatic heterocycles. The first-order valence-corrected chi connectivity index (χ1v) is 10.7. The summed E-state index contributed by atoms with van der Waals surface area (Å²) in [6.45, 7) is 6.18. The number of aryl methyl sites for hydroxylation is 1. The van der Waals surface area contributed by atoms with Gasteiger partial charge in [0.05, 0.1) is 30.9 Å². The number of rotatable bonds is 6. The monoisotopic (exact) mass is 453 g/mol. The number of hydrogen-bond acceptors (Lipinski definition) is 7. The summed E-state index contributed by atoms with van der Waals surface area (Å²) in [5, 5.41) is 1.78. The molecule has 0 radical (unpaired) electrons. The maximum atomic E-state index is 13.2. The van der Waals surface area contributed by atoms with Crippen molar-refractivity contribution in [3.63, 3.8) is 0 Å². The van der Waals surface area contributed by atoms with E-state index in [1.807, 2.05) is 6.92 Å². The van der Waals surface area contributed by atoms with E-state index in [9.17, 15) is 9.59 Å². The number of halogens is 1. The molecule has 10 heteroatoms. The van der Waals surface area contributed by atoms with Crippen molar-refractivity contribution in [3.8, 4) is 0 Å². The Bertz CT molecular complexity index is 962. The number of carbonyl (C=O) groups is 2. The van der Waals surface area contributed by atoms with Crippen molar-refractivity contribution in [2.45, 2.75) is 52.2 Å². The fourth-order valence-electron chi connectivity index (χ4n) is 3.81. The van der Waals surface area contributed by atoms with Crippen molar-refractivity contribution in [2.75, 3.05) is 32.3 Å². The standard InChI is InChI=1S/C21H28ClN3O6/c1-6-14-10-13(8-9-30-14)25(21(27)29-7-2)17-15-11-16(22)23-12(3)18(15)31-19(17)20(26)24(4)28-5/h11,13-14H,6-10H2,1-5H3/t13-,14-/m0/s1. The average molecular weight is 454 g/mol. The number of hydroxylamine groups is 2. The molecular formula is C21H28ClN3O6. The third-order valence-electron chi connectivity index (χ3n) is 5.41. The lowest BCUT2D eigenvalue weighted by Gasteiger charge is -2.36. The summed E-state index contributed by atoms with van der Waals surface area (Å²) < 4.78 is 17.1. The number of ether oxygens (including phenoxy) is 2. The fourth-order valence-corrected chi connectivity index (χ4v) is 4.04. The molecule has 170 valence electrons. The van der Waals surface area contributed by atoms with Crippen LogP contribution in [0.15, 0.2) is 10.5 Å². The first kappa shape index (κ1) is 23.3. The van der Waals surface area contributed by atoms with E-state index in [1.165, 1.54) is 19.1 Å². The molecule has 2 amide bonds. The van der Waals surface area contributed by atoms with E-state index in [0.29, 0.717) is 41.8 Å². The minimum atomic E-state index is -0.563. The molecule has 0 aromatic carbocycles. The number of nitrogens with zero attached hydrogens (tertiary/aromatic N) is 3. The van der Waals surface area contributed by atoms with Crippen LogP contribution in [0.25, 0.3) is 11.0 Å². The number of amides is 2. The Morgan fingerprint density at radius 3 is 2.74 bits per heavy atom. The molecule has 0 aliphatic carbocycles. The van der Waals surface area contributed by atoms with Gasteiger partial charge in [0.2, 0.25) is 5.76 Å². The molecule has 3 rings (SSSR count). The summed E-state index contributed by atoms with van der Waals surface area (Å²) in [6.07, 6.45) is 1.45. The van der Waals surface area contributed by atoms with E-state index in [0.717, 1.165) is 11.5 Å². The molecule has 0 bridgehead atoms. The van der Waals surface area contributed by atoms with Crippen LogP contribution in [0.1, 0.15) is 49.4 Å². The predicted molar refractivity (Wildman–Crippen MR) is 115 cm³/mol. The number of fused-ring (bicyclic) bond motifs is 1. The van der Waals surface area contributed by atoms with Gasteiger partial charge in [-0.2, -0.15) is 0 Å². The van der Waals surface area contributed by atoms with Crippen molar-refractivity contribution in [1.82, 2.24) is 10.0 Å². The number of pyridine rings is 1. The molecule has 2 aromatic heterocycles. The number of hydrogen-bond donors (Lipinski definition) is 0. The van der Waals surface area contributed by atoms with E-state index >= 15 is 0 Å². The van der Waals surface area contributed by atoms with Gasteiger partial charge in [-0.15, -0.1) is 0 Å². The molecule has 2 atom stereocenters. The molecule has 0 saturated carbocycles. The first-order chi connectivity index (χ1) is 14.8. The second-order valence-corrected chi connectivity index (χ2v) is 7.71. The molecule has 2 aromatic rings. The molecule has 1 saturated heterocycles. The normalized spacial score (nSPS) is 18.8. The minimum Gasteiger partial charge on any atom is -0.449 e. The third kappa shape index (κ3) is 4.63. The lowest BCUT2D eigenvalue weighted by atomic mass is 9.99. The highest BCUT2D eigenvalue weighted by Gasteiger charge is 2.38. The molecule has 0 spiro atoms. The third-order valence-corrected chi connectivity index (χ3v) is 5.60. The van der Waals surface area contributed by atoms with Gasteiger partial charge in [-0.3, -0.25) is 14.5 Å². The Labute approximate surface area is 186 Å². The van der Waals surface area contributed by atoms with Crippen molar-refractivity contribution in [3.05, 3.63) is 22.7 Å². The van der Waals surface area contributed by atoms with Gasteiger partial charge in [0, 0.05) is 19.7 Å². The smallest absolute Gasteiger partial charge is 0.414 e. The van der Waals surface area contributed by atoms with Gasteiger partial charge in [-0.1, -0.05) is 18.5 Å². The maximum Gasteiger partial charge on any atom is 0.414 e. The van der Waals surface area contributed by atoms with Crippen LogP contribution in [-0.4, -0.2) is 61.6 Å². The van der Waals surface area contributed by atoms with E-state index < -0.39 is 12.0 Å². The topological polar surface area (TPSA) is 94.3 Å². The molecule has 9 nitrogen and oxygen atoms in total. The molecular weight excluding hydrogens is 426 g/mol. The summed E-state index contributed by atoms with van der Waals surface area (Å²) in [5.74, 6) is -0.586. The Kier molecular flexibility index (Phi) is 7.40. The number of carbonyl (C=O) groups excluding carboxylic acids is 2.